The molecule has 0 atom stereocenters. The van der Waals surface area contributed by atoms with E-state index in [0.29, 0.717) is 23.3 Å². The molecule has 0 bridgehead atoms. The normalized spacial score (nSPS) is 10.5. The van der Waals surface area contributed by atoms with Crippen LogP contribution < -0.4 is 5.32 Å². The first kappa shape index (κ1) is 11.9. The van der Waals surface area contributed by atoms with Crippen molar-refractivity contribution in [2.75, 3.05) is 11.9 Å². The van der Waals surface area contributed by atoms with Crippen molar-refractivity contribution in [2.45, 2.75) is 17.7 Å². The molecule has 2 aromatic rings. The summed E-state index contributed by atoms with van der Waals surface area (Å²) in [5.41, 5.74) is 0. The number of rotatable bonds is 5. The van der Waals surface area contributed by atoms with E-state index >= 15 is 0 Å². The van der Waals surface area contributed by atoms with Gasteiger partial charge in [0.2, 0.25) is 5.95 Å². The van der Waals surface area contributed by atoms with Gasteiger partial charge in [-0.25, -0.2) is 14.4 Å². The van der Waals surface area contributed by atoms with Crippen LogP contribution in [0.5, 0.6) is 0 Å². The lowest BCUT2D eigenvalue weighted by Gasteiger charge is -2.04. The molecule has 0 radical (unpaired) electrons. The highest BCUT2D eigenvalue weighted by Gasteiger charge is 2.08. The molecule has 0 saturated carbocycles. The van der Waals surface area contributed by atoms with Crippen LogP contribution in [0.15, 0.2) is 34.0 Å². The van der Waals surface area contributed by atoms with E-state index in [2.05, 4.69) is 15.3 Å². The zero-order valence-corrected chi connectivity index (χ0v) is 10.1. The molecule has 0 aromatic carbocycles. The van der Waals surface area contributed by atoms with Crippen LogP contribution >= 0.6 is 11.8 Å². The van der Waals surface area contributed by atoms with Gasteiger partial charge in [-0.3, -0.25) is 0 Å². The van der Waals surface area contributed by atoms with Gasteiger partial charge in [-0.15, -0.1) is 0 Å². The van der Waals surface area contributed by atoms with Crippen molar-refractivity contribution < 1.29 is 8.81 Å². The Morgan fingerprint density at radius 1 is 1.53 bits per heavy atom. The van der Waals surface area contributed by atoms with E-state index in [0.717, 1.165) is 5.76 Å². The molecular weight excluding hydrogens is 241 g/mol. The highest BCUT2D eigenvalue weighted by molar-refractivity contribution is 7.98. The van der Waals surface area contributed by atoms with E-state index in [1.54, 1.807) is 12.3 Å². The summed E-state index contributed by atoms with van der Waals surface area (Å²) in [4.78, 5) is 7.93. The van der Waals surface area contributed by atoms with Gasteiger partial charge in [0, 0.05) is 6.54 Å². The zero-order chi connectivity index (χ0) is 12.1. The predicted octanol–water partition coefficient (Wildman–Crippen LogP) is 2.93. The zero-order valence-electron chi connectivity index (χ0n) is 9.31. The van der Waals surface area contributed by atoms with Gasteiger partial charge in [0.05, 0.1) is 18.2 Å². The van der Waals surface area contributed by atoms with E-state index in [-0.39, 0.29) is 0 Å². The Morgan fingerprint density at radius 2 is 2.41 bits per heavy atom. The Kier molecular flexibility index (Phi) is 3.98. The fourth-order valence-electron chi connectivity index (χ4n) is 1.23. The molecule has 0 aliphatic carbocycles. The minimum absolute atomic E-state index is 0.326. The predicted molar refractivity (Wildman–Crippen MR) is 64.4 cm³/mol. The van der Waals surface area contributed by atoms with E-state index < -0.39 is 5.82 Å². The molecule has 0 saturated heterocycles. The SMILES string of the molecule is CCNc1ncc(F)c(SCc2ccco2)n1. The van der Waals surface area contributed by atoms with Crippen molar-refractivity contribution in [3.05, 3.63) is 36.2 Å². The molecule has 0 unspecified atom stereocenters. The number of thioether (sulfide) groups is 1. The third-order valence-corrected chi connectivity index (χ3v) is 2.97. The highest BCUT2D eigenvalue weighted by atomic mass is 32.2. The molecular formula is C11H12FN3OS. The molecule has 4 nitrogen and oxygen atoms in total. The number of anilines is 1. The number of aromatic nitrogens is 2. The van der Waals surface area contributed by atoms with Gasteiger partial charge in [0.15, 0.2) is 5.82 Å². The van der Waals surface area contributed by atoms with Crippen molar-refractivity contribution in [3.8, 4) is 0 Å². The number of nitrogens with zero attached hydrogens (tertiary/aromatic N) is 2. The Labute approximate surface area is 103 Å². The van der Waals surface area contributed by atoms with E-state index in [1.165, 1.54) is 18.0 Å². The first-order valence-corrected chi connectivity index (χ1v) is 6.19. The van der Waals surface area contributed by atoms with Crippen molar-refractivity contribution in [1.82, 2.24) is 9.97 Å². The third kappa shape index (κ3) is 3.20. The van der Waals surface area contributed by atoms with E-state index in [1.807, 2.05) is 13.0 Å². The molecule has 6 heteroatoms. The van der Waals surface area contributed by atoms with Crippen LogP contribution in [0.4, 0.5) is 10.3 Å². The number of halogens is 1. The summed E-state index contributed by atoms with van der Waals surface area (Å²) < 4.78 is 18.6. The lowest BCUT2D eigenvalue weighted by atomic mass is 10.5. The Hall–Kier alpha value is -1.56. The van der Waals surface area contributed by atoms with Crippen LogP contribution in [0.3, 0.4) is 0 Å². The molecule has 17 heavy (non-hydrogen) atoms. The molecule has 2 aromatic heterocycles. The second-order valence-corrected chi connectivity index (χ2v) is 4.21. The number of furan rings is 1. The van der Waals surface area contributed by atoms with E-state index in [4.69, 9.17) is 4.42 Å². The molecule has 90 valence electrons. The molecule has 1 N–H and O–H groups in total. The monoisotopic (exact) mass is 253 g/mol. The van der Waals surface area contributed by atoms with Crippen LogP contribution in [-0.2, 0) is 5.75 Å². The second-order valence-electron chi connectivity index (χ2n) is 3.25. The van der Waals surface area contributed by atoms with Gasteiger partial charge in [-0.05, 0) is 19.1 Å². The summed E-state index contributed by atoms with van der Waals surface area (Å²) in [7, 11) is 0. The van der Waals surface area contributed by atoms with Crippen LogP contribution in [0.1, 0.15) is 12.7 Å². The first-order valence-electron chi connectivity index (χ1n) is 5.21. The fourth-order valence-corrected chi connectivity index (χ4v) is 2.02. The van der Waals surface area contributed by atoms with Crippen molar-refractivity contribution in [2.24, 2.45) is 0 Å². The average Bonchev–Trinajstić information content (AvgIpc) is 2.83. The fraction of sp³-hybridized carbons (Fsp3) is 0.273. The van der Waals surface area contributed by atoms with Crippen molar-refractivity contribution in [3.63, 3.8) is 0 Å². The van der Waals surface area contributed by atoms with Crippen LogP contribution in [0.2, 0.25) is 0 Å². The summed E-state index contributed by atoms with van der Waals surface area (Å²) in [6, 6.07) is 3.65. The third-order valence-electron chi connectivity index (χ3n) is 1.98. The number of hydrogen-bond acceptors (Lipinski definition) is 5. The van der Waals surface area contributed by atoms with Crippen molar-refractivity contribution >= 4 is 17.7 Å². The summed E-state index contributed by atoms with van der Waals surface area (Å²) in [5, 5.41) is 3.27. The van der Waals surface area contributed by atoms with Gasteiger partial charge in [0.1, 0.15) is 10.8 Å². The molecule has 0 amide bonds. The van der Waals surface area contributed by atoms with Gasteiger partial charge in [0.25, 0.3) is 0 Å². The standard InChI is InChI=1S/C11H12FN3OS/c1-2-13-11-14-6-9(12)10(15-11)17-7-8-4-3-5-16-8/h3-6H,2,7H2,1H3,(H,13,14,15). The molecule has 0 aliphatic rings. The Morgan fingerprint density at radius 3 is 3.12 bits per heavy atom. The summed E-state index contributed by atoms with van der Waals surface area (Å²) in [6.07, 6.45) is 2.77. The Bertz CT molecular complexity index is 476. The van der Waals surface area contributed by atoms with Crippen LogP contribution in [-0.4, -0.2) is 16.5 Å². The second kappa shape index (κ2) is 5.67. The van der Waals surface area contributed by atoms with Gasteiger partial charge in [-0.2, -0.15) is 0 Å². The van der Waals surface area contributed by atoms with Crippen LogP contribution in [0.25, 0.3) is 0 Å². The minimum Gasteiger partial charge on any atom is -0.468 e. The molecule has 2 heterocycles. The summed E-state index contributed by atoms with van der Waals surface area (Å²) in [5.74, 6) is 1.36. The summed E-state index contributed by atoms with van der Waals surface area (Å²) in [6.45, 7) is 2.64. The van der Waals surface area contributed by atoms with Gasteiger partial charge < -0.3 is 9.73 Å². The average molecular weight is 253 g/mol. The van der Waals surface area contributed by atoms with Gasteiger partial charge >= 0.3 is 0 Å². The molecule has 0 spiro atoms. The minimum atomic E-state index is -0.414. The maximum absolute atomic E-state index is 13.4. The quantitative estimate of drug-likeness (QED) is 0.656. The number of nitrogens with one attached hydrogen (secondary N) is 1. The molecule has 0 aliphatic heterocycles. The molecule has 2 rings (SSSR count). The Balaban J connectivity index is 2.06. The maximum atomic E-state index is 13.4. The topological polar surface area (TPSA) is 51.0 Å². The first-order chi connectivity index (χ1) is 8.29. The lowest BCUT2D eigenvalue weighted by molar-refractivity contribution is 0.529. The maximum Gasteiger partial charge on any atom is 0.223 e. The van der Waals surface area contributed by atoms with Crippen LogP contribution in [0, 0.1) is 5.82 Å². The lowest BCUT2D eigenvalue weighted by Crippen LogP contribution is -2.03. The van der Waals surface area contributed by atoms with Crippen molar-refractivity contribution in [1.29, 1.82) is 0 Å². The smallest absolute Gasteiger partial charge is 0.223 e. The van der Waals surface area contributed by atoms with E-state index in [9.17, 15) is 4.39 Å². The summed E-state index contributed by atoms with van der Waals surface area (Å²) >= 11 is 1.28. The van der Waals surface area contributed by atoms with Gasteiger partial charge in [-0.1, -0.05) is 11.8 Å². The number of hydrogen-bond donors (Lipinski definition) is 1. The molecule has 0 fully saturated rings. The highest BCUT2D eigenvalue weighted by Crippen LogP contribution is 2.24. The largest absolute Gasteiger partial charge is 0.468 e.